The lowest BCUT2D eigenvalue weighted by Crippen LogP contribution is -2.02. The molecule has 0 aliphatic carbocycles. The molecule has 0 spiro atoms. The lowest BCUT2D eigenvalue weighted by molar-refractivity contribution is 1.07. The first kappa shape index (κ1) is 10.2. The van der Waals surface area contributed by atoms with Gasteiger partial charge in [-0.05, 0) is 12.1 Å². The maximum Gasteiger partial charge on any atom is 0.146 e. The second-order valence-corrected chi connectivity index (χ2v) is 3.14. The molecule has 0 aliphatic rings. The van der Waals surface area contributed by atoms with Gasteiger partial charge in [0.05, 0.1) is 5.02 Å². The predicted octanol–water partition coefficient (Wildman–Crippen LogP) is 2.82. The van der Waals surface area contributed by atoms with Crippen LogP contribution in [-0.2, 0) is 0 Å². The van der Waals surface area contributed by atoms with E-state index in [0.717, 1.165) is 0 Å². The predicted molar refractivity (Wildman–Crippen MR) is 56.2 cm³/mol. The van der Waals surface area contributed by atoms with Crippen molar-refractivity contribution in [3.05, 3.63) is 22.3 Å². The van der Waals surface area contributed by atoms with Crippen LogP contribution in [0, 0.1) is 12.3 Å². The van der Waals surface area contributed by atoms with Gasteiger partial charge < -0.3 is 5.32 Å². The molecule has 1 heterocycles. The van der Waals surface area contributed by atoms with E-state index in [9.17, 15) is 0 Å². The minimum Gasteiger partial charge on any atom is -0.368 e. The summed E-state index contributed by atoms with van der Waals surface area (Å²) in [6.45, 7) is 0.642. The number of nitrogens with zero attached hydrogens (tertiary/aromatic N) is 1. The summed E-state index contributed by atoms with van der Waals surface area (Å²) in [6, 6.07) is 3.32. The van der Waals surface area contributed by atoms with E-state index in [0.29, 0.717) is 29.0 Å². The number of aromatic nitrogens is 1. The number of hydrogen-bond acceptors (Lipinski definition) is 2. The minimum absolute atomic E-state index is 0.410. The van der Waals surface area contributed by atoms with Crippen LogP contribution in [-0.4, -0.2) is 11.5 Å². The minimum atomic E-state index is 0.410. The summed E-state index contributed by atoms with van der Waals surface area (Å²) < 4.78 is 0. The molecule has 0 saturated heterocycles. The number of anilines is 1. The standard InChI is InChI=1S/C9H8Cl2N2/c1-2-3-6-12-9-7(10)4-5-8(11)13-9/h1,4-5H,3,6H2,(H,12,13). The maximum atomic E-state index is 5.84. The molecular weight excluding hydrogens is 207 g/mol. The molecule has 0 fully saturated rings. The topological polar surface area (TPSA) is 24.9 Å². The lowest BCUT2D eigenvalue weighted by Gasteiger charge is -2.04. The first-order chi connectivity index (χ1) is 6.24. The molecule has 0 aliphatic heterocycles. The van der Waals surface area contributed by atoms with Crippen molar-refractivity contribution in [1.82, 2.24) is 4.98 Å². The Morgan fingerprint density at radius 2 is 2.23 bits per heavy atom. The monoisotopic (exact) mass is 214 g/mol. The van der Waals surface area contributed by atoms with Crippen LogP contribution >= 0.6 is 23.2 Å². The van der Waals surface area contributed by atoms with Gasteiger partial charge in [-0.2, -0.15) is 0 Å². The molecule has 1 aromatic rings. The van der Waals surface area contributed by atoms with E-state index in [4.69, 9.17) is 29.6 Å². The van der Waals surface area contributed by atoms with Crippen LogP contribution in [0.3, 0.4) is 0 Å². The van der Waals surface area contributed by atoms with Crippen LogP contribution in [0.15, 0.2) is 12.1 Å². The van der Waals surface area contributed by atoms with Crippen LogP contribution in [0.4, 0.5) is 5.82 Å². The van der Waals surface area contributed by atoms with Crippen molar-refractivity contribution in [2.75, 3.05) is 11.9 Å². The third-order valence-electron chi connectivity index (χ3n) is 1.37. The van der Waals surface area contributed by atoms with Gasteiger partial charge >= 0.3 is 0 Å². The average Bonchev–Trinajstić information content (AvgIpc) is 2.11. The summed E-state index contributed by atoms with van der Waals surface area (Å²) in [4.78, 5) is 4.00. The van der Waals surface area contributed by atoms with E-state index in [1.54, 1.807) is 12.1 Å². The number of hydrogen-bond donors (Lipinski definition) is 1. The fourth-order valence-corrected chi connectivity index (χ4v) is 1.11. The third kappa shape index (κ3) is 3.14. The Balaban J connectivity index is 2.65. The van der Waals surface area contributed by atoms with E-state index in [1.807, 2.05) is 0 Å². The van der Waals surface area contributed by atoms with Crippen molar-refractivity contribution in [2.24, 2.45) is 0 Å². The highest BCUT2D eigenvalue weighted by Crippen LogP contribution is 2.21. The molecule has 0 bridgehead atoms. The molecular formula is C9H8Cl2N2. The highest BCUT2D eigenvalue weighted by atomic mass is 35.5. The SMILES string of the molecule is C#CCCNc1nc(Cl)ccc1Cl. The van der Waals surface area contributed by atoms with Gasteiger partial charge in [0.15, 0.2) is 0 Å². The fourth-order valence-electron chi connectivity index (χ4n) is 0.795. The summed E-state index contributed by atoms with van der Waals surface area (Å²) in [5, 5.41) is 3.94. The largest absolute Gasteiger partial charge is 0.368 e. The quantitative estimate of drug-likeness (QED) is 0.476. The second-order valence-electron chi connectivity index (χ2n) is 2.35. The van der Waals surface area contributed by atoms with Crippen molar-refractivity contribution in [1.29, 1.82) is 0 Å². The Hall–Kier alpha value is -0.910. The van der Waals surface area contributed by atoms with Gasteiger partial charge in [-0.15, -0.1) is 12.3 Å². The van der Waals surface area contributed by atoms with Crippen molar-refractivity contribution in [3.63, 3.8) is 0 Å². The molecule has 0 unspecified atom stereocenters. The molecule has 4 heteroatoms. The Bertz CT molecular complexity index is 331. The van der Waals surface area contributed by atoms with Gasteiger partial charge in [0.25, 0.3) is 0 Å². The number of terminal acetylenes is 1. The Morgan fingerprint density at radius 1 is 1.46 bits per heavy atom. The van der Waals surface area contributed by atoms with Crippen LogP contribution in [0.1, 0.15) is 6.42 Å². The van der Waals surface area contributed by atoms with Crippen LogP contribution in [0.25, 0.3) is 0 Å². The molecule has 1 aromatic heterocycles. The van der Waals surface area contributed by atoms with Gasteiger partial charge in [0.1, 0.15) is 11.0 Å². The molecule has 68 valence electrons. The molecule has 0 atom stereocenters. The summed E-state index contributed by atoms with van der Waals surface area (Å²) in [5.41, 5.74) is 0. The molecule has 1 N–H and O–H groups in total. The van der Waals surface area contributed by atoms with E-state index >= 15 is 0 Å². The first-order valence-corrected chi connectivity index (χ1v) is 4.49. The van der Waals surface area contributed by atoms with Gasteiger partial charge in [-0.25, -0.2) is 4.98 Å². The van der Waals surface area contributed by atoms with Crippen molar-refractivity contribution >= 4 is 29.0 Å². The number of pyridine rings is 1. The fraction of sp³-hybridized carbons (Fsp3) is 0.222. The van der Waals surface area contributed by atoms with E-state index in [1.165, 1.54) is 0 Å². The number of halogens is 2. The smallest absolute Gasteiger partial charge is 0.146 e. The van der Waals surface area contributed by atoms with Crippen molar-refractivity contribution in [2.45, 2.75) is 6.42 Å². The molecule has 1 rings (SSSR count). The van der Waals surface area contributed by atoms with Crippen molar-refractivity contribution in [3.8, 4) is 12.3 Å². The molecule has 2 nitrogen and oxygen atoms in total. The number of rotatable bonds is 3. The molecule has 13 heavy (non-hydrogen) atoms. The molecule has 0 radical (unpaired) electrons. The second kappa shape index (κ2) is 4.96. The zero-order chi connectivity index (χ0) is 9.68. The summed E-state index contributed by atoms with van der Waals surface area (Å²) in [7, 11) is 0. The van der Waals surface area contributed by atoms with Crippen LogP contribution in [0.5, 0.6) is 0 Å². The van der Waals surface area contributed by atoms with Gasteiger partial charge in [0, 0.05) is 13.0 Å². The molecule has 0 saturated carbocycles. The Kier molecular flexibility index (Phi) is 3.88. The maximum absolute atomic E-state index is 5.84. The highest BCUT2D eigenvalue weighted by molar-refractivity contribution is 6.34. The third-order valence-corrected chi connectivity index (χ3v) is 1.89. The van der Waals surface area contributed by atoms with Gasteiger partial charge in [-0.3, -0.25) is 0 Å². The first-order valence-electron chi connectivity index (χ1n) is 3.73. The van der Waals surface area contributed by atoms with Crippen LogP contribution in [0.2, 0.25) is 10.2 Å². The molecule has 0 aromatic carbocycles. The highest BCUT2D eigenvalue weighted by Gasteiger charge is 2.00. The normalized spacial score (nSPS) is 9.31. The van der Waals surface area contributed by atoms with E-state index in [-0.39, 0.29) is 0 Å². The van der Waals surface area contributed by atoms with Gasteiger partial charge in [-0.1, -0.05) is 23.2 Å². The molecule has 0 amide bonds. The summed E-state index contributed by atoms with van der Waals surface area (Å²) >= 11 is 11.5. The average molecular weight is 215 g/mol. The van der Waals surface area contributed by atoms with E-state index < -0.39 is 0 Å². The van der Waals surface area contributed by atoms with Gasteiger partial charge in [0.2, 0.25) is 0 Å². The lowest BCUT2D eigenvalue weighted by atomic mass is 10.4. The zero-order valence-electron chi connectivity index (χ0n) is 6.85. The van der Waals surface area contributed by atoms with Crippen LogP contribution < -0.4 is 5.32 Å². The summed E-state index contributed by atoms with van der Waals surface area (Å²) in [6.07, 6.45) is 5.72. The number of nitrogens with one attached hydrogen (secondary N) is 1. The summed E-state index contributed by atoms with van der Waals surface area (Å²) in [5.74, 6) is 3.08. The zero-order valence-corrected chi connectivity index (χ0v) is 8.36. The van der Waals surface area contributed by atoms with E-state index in [2.05, 4.69) is 16.2 Å². The van der Waals surface area contributed by atoms with Crippen molar-refractivity contribution < 1.29 is 0 Å². The Labute approximate surface area is 87.3 Å². The Morgan fingerprint density at radius 3 is 2.92 bits per heavy atom.